The summed E-state index contributed by atoms with van der Waals surface area (Å²) in [5.41, 5.74) is 9.73. The zero-order valence-electron chi connectivity index (χ0n) is 22.7. The number of carbonyl (C=O) groups excluding carboxylic acids is 1. The van der Waals surface area contributed by atoms with Gasteiger partial charge >= 0.3 is 0 Å². The first-order chi connectivity index (χ1) is 19.2. The summed E-state index contributed by atoms with van der Waals surface area (Å²) in [6, 6.07) is 12.4. The molecule has 1 aromatic carbocycles. The van der Waals surface area contributed by atoms with Crippen molar-refractivity contribution in [1.29, 1.82) is 0 Å². The van der Waals surface area contributed by atoms with Gasteiger partial charge in [0.15, 0.2) is 5.65 Å². The number of hydrogen-bond acceptors (Lipinski definition) is 6. The first-order valence-electron chi connectivity index (χ1n) is 13.6. The van der Waals surface area contributed by atoms with E-state index in [2.05, 4.69) is 15.5 Å². The Morgan fingerprint density at radius 1 is 1.18 bits per heavy atom. The first-order valence-corrected chi connectivity index (χ1v) is 13.6. The molecular formula is C29H35F2N7O2. The van der Waals surface area contributed by atoms with Gasteiger partial charge in [-0.05, 0) is 55.9 Å². The molecule has 1 unspecified atom stereocenters. The fourth-order valence-corrected chi connectivity index (χ4v) is 5.19. The normalized spacial score (nSPS) is 17.2. The molecule has 1 amide bonds. The van der Waals surface area contributed by atoms with Crippen LogP contribution in [0.1, 0.15) is 85.0 Å². The molecule has 1 fully saturated rings. The van der Waals surface area contributed by atoms with Crippen molar-refractivity contribution in [3.8, 4) is 0 Å². The van der Waals surface area contributed by atoms with Gasteiger partial charge in [0.25, 0.3) is 5.91 Å². The standard InChI is InChI=1S/C29H35F2N7O2/c1-19(2)38-25(10-13-33-38)28(39)36-27(21-8-11-29(30,31)12-9-21)24-16-37-26(35-24)14-22(15-34-37)23(32)18-40-17-20-6-4-3-5-7-20/h3-7,10,13-16,19,21,23,27H,8-9,11-12,17-18,32H2,1-2H3,(H,36,39)/t23?,27-/m0/s1. The van der Waals surface area contributed by atoms with Crippen LogP contribution in [0, 0.1) is 5.92 Å². The monoisotopic (exact) mass is 551 g/mol. The Bertz CT molecular complexity index is 1430. The Hall–Kier alpha value is -3.70. The molecule has 4 aromatic rings. The number of benzene rings is 1. The van der Waals surface area contributed by atoms with E-state index in [4.69, 9.17) is 15.5 Å². The van der Waals surface area contributed by atoms with Crippen LogP contribution in [-0.4, -0.2) is 42.8 Å². The Morgan fingerprint density at radius 2 is 1.93 bits per heavy atom. The Kier molecular flexibility index (Phi) is 8.22. The van der Waals surface area contributed by atoms with E-state index in [1.807, 2.05) is 50.2 Å². The third-order valence-electron chi connectivity index (χ3n) is 7.43. The van der Waals surface area contributed by atoms with Crippen LogP contribution >= 0.6 is 0 Å². The molecule has 0 spiro atoms. The van der Waals surface area contributed by atoms with Gasteiger partial charge in [-0.25, -0.2) is 18.3 Å². The summed E-state index contributed by atoms with van der Waals surface area (Å²) in [6.07, 6.45) is 5.10. The number of carbonyl (C=O) groups is 1. The number of nitrogens with one attached hydrogen (secondary N) is 1. The number of rotatable bonds is 10. The highest BCUT2D eigenvalue weighted by Gasteiger charge is 2.39. The number of nitrogens with zero attached hydrogens (tertiary/aromatic N) is 5. The van der Waals surface area contributed by atoms with Gasteiger partial charge in [0.05, 0.1) is 43.4 Å². The third kappa shape index (κ3) is 6.37. The van der Waals surface area contributed by atoms with E-state index in [-0.39, 0.29) is 43.6 Å². The summed E-state index contributed by atoms with van der Waals surface area (Å²) in [6.45, 7) is 4.63. The SMILES string of the molecule is CC(C)n1nccc1C(=O)N[C@H](c1cn2ncc(C(N)COCc3ccccc3)cc2n1)C1CCC(F)(F)CC1. The quantitative estimate of drug-likeness (QED) is 0.286. The summed E-state index contributed by atoms with van der Waals surface area (Å²) in [7, 11) is 0. The van der Waals surface area contributed by atoms with E-state index < -0.39 is 18.0 Å². The maximum Gasteiger partial charge on any atom is 0.270 e. The minimum atomic E-state index is -2.69. The first kappa shape index (κ1) is 27.9. The van der Waals surface area contributed by atoms with Crippen molar-refractivity contribution in [3.63, 3.8) is 0 Å². The molecule has 212 valence electrons. The molecule has 9 nitrogen and oxygen atoms in total. The van der Waals surface area contributed by atoms with Gasteiger partial charge in [0, 0.05) is 25.1 Å². The smallest absolute Gasteiger partial charge is 0.270 e. The molecule has 0 bridgehead atoms. The lowest BCUT2D eigenvalue weighted by Crippen LogP contribution is -2.38. The Balaban J connectivity index is 1.35. The number of amides is 1. The molecule has 3 heterocycles. The maximum absolute atomic E-state index is 14.0. The molecule has 1 aliphatic rings. The van der Waals surface area contributed by atoms with Gasteiger partial charge in [-0.1, -0.05) is 30.3 Å². The number of halogens is 2. The fourth-order valence-electron chi connectivity index (χ4n) is 5.19. The molecule has 3 aromatic heterocycles. The lowest BCUT2D eigenvalue weighted by atomic mass is 9.81. The molecule has 0 radical (unpaired) electrons. The predicted octanol–water partition coefficient (Wildman–Crippen LogP) is 5.02. The number of ether oxygens (including phenoxy) is 1. The zero-order valence-corrected chi connectivity index (χ0v) is 22.7. The number of nitrogens with two attached hydrogens (primary N) is 1. The van der Waals surface area contributed by atoms with Crippen LogP contribution < -0.4 is 11.1 Å². The van der Waals surface area contributed by atoms with E-state index in [1.165, 1.54) is 0 Å². The number of fused-ring (bicyclic) bond motifs is 1. The minimum absolute atomic E-state index is 0.0127. The molecule has 0 saturated heterocycles. The number of hydrogen-bond donors (Lipinski definition) is 2. The van der Waals surface area contributed by atoms with Gasteiger partial charge in [0.2, 0.25) is 5.92 Å². The summed E-state index contributed by atoms with van der Waals surface area (Å²) in [5, 5.41) is 11.8. The average Bonchev–Trinajstić information content (AvgIpc) is 3.60. The second kappa shape index (κ2) is 11.8. The molecule has 11 heteroatoms. The number of aromatic nitrogens is 5. The molecule has 40 heavy (non-hydrogen) atoms. The van der Waals surface area contributed by atoms with E-state index in [1.54, 1.807) is 33.9 Å². The van der Waals surface area contributed by atoms with E-state index >= 15 is 0 Å². The molecule has 3 N–H and O–H groups in total. The summed E-state index contributed by atoms with van der Waals surface area (Å²) < 4.78 is 37.0. The summed E-state index contributed by atoms with van der Waals surface area (Å²) in [4.78, 5) is 18.1. The molecule has 1 saturated carbocycles. The van der Waals surface area contributed by atoms with E-state index in [9.17, 15) is 13.6 Å². The highest BCUT2D eigenvalue weighted by atomic mass is 19.3. The van der Waals surface area contributed by atoms with E-state index in [0.29, 0.717) is 30.2 Å². The highest BCUT2D eigenvalue weighted by Crippen LogP contribution is 2.41. The number of imidazole rings is 1. The van der Waals surface area contributed by atoms with Crippen LogP contribution in [-0.2, 0) is 11.3 Å². The Labute approximate surface area is 231 Å². The van der Waals surface area contributed by atoms with Crippen LogP contribution in [0.5, 0.6) is 0 Å². The number of alkyl halides is 2. The average molecular weight is 552 g/mol. The molecule has 2 atom stereocenters. The molecule has 5 rings (SSSR count). The van der Waals surface area contributed by atoms with E-state index in [0.717, 1.165) is 11.1 Å². The maximum atomic E-state index is 14.0. The van der Waals surface area contributed by atoms with Crippen LogP contribution in [0.15, 0.2) is 61.1 Å². The minimum Gasteiger partial charge on any atom is -0.375 e. The van der Waals surface area contributed by atoms with Gasteiger partial charge in [-0.2, -0.15) is 10.2 Å². The van der Waals surface area contributed by atoms with Crippen molar-refractivity contribution in [3.05, 3.63) is 83.6 Å². The molecule has 0 aliphatic heterocycles. The molecular weight excluding hydrogens is 516 g/mol. The van der Waals surface area contributed by atoms with Gasteiger partial charge in [-0.15, -0.1) is 0 Å². The predicted molar refractivity (Wildman–Crippen MR) is 146 cm³/mol. The van der Waals surface area contributed by atoms with Crippen molar-refractivity contribution in [2.45, 2.75) is 70.2 Å². The van der Waals surface area contributed by atoms with Crippen LogP contribution in [0.2, 0.25) is 0 Å². The molecule has 1 aliphatic carbocycles. The fraction of sp³-hybridized carbons (Fsp3) is 0.448. The topological polar surface area (TPSA) is 112 Å². The van der Waals surface area contributed by atoms with Crippen LogP contribution in [0.25, 0.3) is 5.65 Å². The van der Waals surface area contributed by atoms with Gasteiger partial charge in [-0.3, -0.25) is 9.48 Å². The lowest BCUT2D eigenvalue weighted by molar-refractivity contribution is -0.0495. The van der Waals surface area contributed by atoms with Crippen molar-refractivity contribution < 1.29 is 18.3 Å². The second-order valence-electron chi connectivity index (χ2n) is 10.8. The largest absolute Gasteiger partial charge is 0.375 e. The van der Waals surface area contributed by atoms with Crippen molar-refractivity contribution >= 4 is 11.6 Å². The van der Waals surface area contributed by atoms with Crippen molar-refractivity contribution in [1.82, 2.24) is 29.7 Å². The zero-order chi connectivity index (χ0) is 28.3. The van der Waals surface area contributed by atoms with Crippen LogP contribution in [0.4, 0.5) is 8.78 Å². The summed E-state index contributed by atoms with van der Waals surface area (Å²) in [5.74, 6) is -3.20. The van der Waals surface area contributed by atoms with Crippen molar-refractivity contribution in [2.24, 2.45) is 11.7 Å². The van der Waals surface area contributed by atoms with Crippen LogP contribution in [0.3, 0.4) is 0 Å². The third-order valence-corrected chi connectivity index (χ3v) is 7.43. The van der Waals surface area contributed by atoms with Gasteiger partial charge in [0.1, 0.15) is 5.69 Å². The second-order valence-corrected chi connectivity index (χ2v) is 10.8. The highest BCUT2D eigenvalue weighted by molar-refractivity contribution is 5.92. The summed E-state index contributed by atoms with van der Waals surface area (Å²) >= 11 is 0. The Morgan fingerprint density at radius 3 is 2.65 bits per heavy atom. The lowest BCUT2D eigenvalue weighted by Gasteiger charge is -2.33. The van der Waals surface area contributed by atoms with Gasteiger partial charge < -0.3 is 15.8 Å². The van der Waals surface area contributed by atoms with Crippen molar-refractivity contribution in [2.75, 3.05) is 6.61 Å².